The summed E-state index contributed by atoms with van der Waals surface area (Å²) in [7, 11) is 0. The van der Waals surface area contributed by atoms with E-state index in [1.807, 2.05) is 0 Å². The zero-order chi connectivity index (χ0) is 10.8. The highest BCUT2D eigenvalue weighted by Crippen LogP contribution is 2.24. The monoisotopic (exact) mass is 213 g/mol. The smallest absolute Gasteiger partial charge is 0.407 e. The van der Waals surface area contributed by atoms with Crippen LogP contribution in [0.3, 0.4) is 0 Å². The molecule has 2 rings (SSSR count). The number of cyclic esters (lactones) is 1. The van der Waals surface area contributed by atoms with Gasteiger partial charge in [-0.15, -0.1) is 0 Å². The molecule has 1 aliphatic heterocycles. The van der Waals surface area contributed by atoms with Crippen molar-refractivity contribution in [3.8, 4) is 0 Å². The average Bonchev–Trinajstić information content (AvgIpc) is 2.65. The molecule has 1 fully saturated rings. The van der Waals surface area contributed by atoms with Gasteiger partial charge in [0, 0.05) is 5.56 Å². The SMILES string of the molecule is O=C1NC(c2cccc(C(F)F)c2)CO1. The fourth-order valence-electron chi connectivity index (χ4n) is 1.48. The lowest BCUT2D eigenvalue weighted by molar-refractivity contribution is 0.151. The number of amides is 1. The van der Waals surface area contributed by atoms with Gasteiger partial charge < -0.3 is 10.1 Å². The molecule has 1 heterocycles. The molecule has 0 spiro atoms. The van der Waals surface area contributed by atoms with Gasteiger partial charge in [-0.1, -0.05) is 18.2 Å². The van der Waals surface area contributed by atoms with Crippen LogP contribution >= 0.6 is 0 Å². The van der Waals surface area contributed by atoms with Crippen molar-refractivity contribution in [1.29, 1.82) is 0 Å². The Morgan fingerprint density at radius 2 is 2.27 bits per heavy atom. The summed E-state index contributed by atoms with van der Waals surface area (Å²) in [6, 6.07) is 5.64. The van der Waals surface area contributed by atoms with Gasteiger partial charge in [0.25, 0.3) is 6.43 Å². The number of hydrogen-bond acceptors (Lipinski definition) is 2. The van der Waals surface area contributed by atoms with Gasteiger partial charge in [0.15, 0.2) is 0 Å². The van der Waals surface area contributed by atoms with Crippen LogP contribution in [0, 0.1) is 0 Å². The largest absolute Gasteiger partial charge is 0.447 e. The summed E-state index contributed by atoms with van der Waals surface area (Å²) >= 11 is 0. The third-order valence-electron chi connectivity index (χ3n) is 2.24. The highest BCUT2D eigenvalue weighted by Gasteiger charge is 2.24. The fraction of sp³-hybridized carbons (Fsp3) is 0.300. The van der Waals surface area contributed by atoms with Gasteiger partial charge in [-0.25, -0.2) is 13.6 Å². The zero-order valence-corrected chi connectivity index (χ0v) is 7.74. The maximum atomic E-state index is 12.4. The predicted molar refractivity (Wildman–Crippen MR) is 48.6 cm³/mol. The van der Waals surface area contributed by atoms with E-state index < -0.39 is 12.5 Å². The van der Waals surface area contributed by atoms with E-state index in [1.165, 1.54) is 12.1 Å². The van der Waals surface area contributed by atoms with Crippen molar-refractivity contribution in [2.75, 3.05) is 6.61 Å². The molecule has 0 saturated carbocycles. The molecule has 5 heteroatoms. The third-order valence-corrected chi connectivity index (χ3v) is 2.24. The van der Waals surface area contributed by atoms with Crippen LogP contribution < -0.4 is 5.32 Å². The van der Waals surface area contributed by atoms with Crippen molar-refractivity contribution < 1.29 is 18.3 Å². The molecule has 1 atom stereocenters. The molecular weight excluding hydrogens is 204 g/mol. The second-order valence-electron chi connectivity index (χ2n) is 3.27. The summed E-state index contributed by atoms with van der Waals surface area (Å²) in [6.07, 6.45) is -3.01. The Labute approximate surface area is 85.0 Å². The second kappa shape index (κ2) is 3.84. The summed E-state index contributed by atoms with van der Waals surface area (Å²) in [5.74, 6) is 0. The van der Waals surface area contributed by atoms with Gasteiger partial charge in [-0.05, 0) is 11.6 Å². The summed E-state index contributed by atoms with van der Waals surface area (Å²) in [5, 5.41) is 2.53. The molecule has 1 amide bonds. The Morgan fingerprint density at radius 1 is 1.47 bits per heavy atom. The molecule has 0 bridgehead atoms. The summed E-state index contributed by atoms with van der Waals surface area (Å²) in [5.41, 5.74) is 0.590. The summed E-state index contributed by atoms with van der Waals surface area (Å²) < 4.78 is 29.5. The summed E-state index contributed by atoms with van der Waals surface area (Å²) in [6.45, 7) is 0.186. The minimum absolute atomic E-state index is 0.0475. The molecule has 1 unspecified atom stereocenters. The van der Waals surface area contributed by atoms with Crippen LogP contribution in [0.2, 0.25) is 0 Å². The first kappa shape index (κ1) is 9.89. The first-order valence-electron chi connectivity index (χ1n) is 4.48. The van der Waals surface area contributed by atoms with Gasteiger partial charge in [-0.2, -0.15) is 0 Å². The van der Waals surface area contributed by atoms with E-state index in [9.17, 15) is 13.6 Å². The first-order chi connectivity index (χ1) is 7.16. The molecule has 0 radical (unpaired) electrons. The minimum Gasteiger partial charge on any atom is -0.447 e. The van der Waals surface area contributed by atoms with Crippen LogP contribution in [0.15, 0.2) is 24.3 Å². The van der Waals surface area contributed by atoms with Crippen LogP contribution in [0.4, 0.5) is 13.6 Å². The number of alkyl halides is 2. The lowest BCUT2D eigenvalue weighted by Crippen LogP contribution is -2.18. The molecule has 15 heavy (non-hydrogen) atoms. The molecule has 1 saturated heterocycles. The lowest BCUT2D eigenvalue weighted by atomic mass is 10.1. The molecule has 1 N–H and O–H groups in total. The van der Waals surface area contributed by atoms with Crippen LogP contribution in [0.1, 0.15) is 23.6 Å². The van der Waals surface area contributed by atoms with Crippen molar-refractivity contribution in [2.45, 2.75) is 12.5 Å². The number of carbonyl (C=O) groups excluding carboxylic acids is 1. The van der Waals surface area contributed by atoms with Crippen LogP contribution in [-0.4, -0.2) is 12.7 Å². The van der Waals surface area contributed by atoms with E-state index in [-0.39, 0.29) is 18.2 Å². The van der Waals surface area contributed by atoms with E-state index in [0.29, 0.717) is 5.56 Å². The highest BCUT2D eigenvalue weighted by molar-refractivity contribution is 5.70. The van der Waals surface area contributed by atoms with Crippen molar-refractivity contribution >= 4 is 6.09 Å². The number of alkyl carbamates (subject to hydrolysis) is 1. The van der Waals surface area contributed by atoms with E-state index in [2.05, 4.69) is 10.1 Å². The van der Waals surface area contributed by atoms with Gasteiger partial charge in [0.1, 0.15) is 6.61 Å². The van der Waals surface area contributed by atoms with E-state index in [1.54, 1.807) is 12.1 Å². The maximum Gasteiger partial charge on any atom is 0.407 e. The molecule has 0 aromatic heterocycles. The number of nitrogens with one attached hydrogen (secondary N) is 1. The predicted octanol–water partition coefficient (Wildman–Crippen LogP) is 2.41. The fourth-order valence-corrected chi connectivity index (χ4v) is 1.48. The van der Waals surface area contributed by atoms with Crippen molar-refractivity contribution in [3.05, 3.63) is 35.4 Å². The standard InChI is InChI=1S/C10H9F2NO2/c11-9(12)7-3-1-2-6(4-7)8-5-15-10(14)13-8/h1-4,8-9H,5H2,(H,13,14). The Balaban J connectivity index is 2.21. The molecule has 1 aromatic carbocycles. The zero-order valence-electron chi connectivity index (χ0n) is 7.74. The Morgan fingerprint density at radius 3 is 2.87 bits per heavy atom. The third kappa shape index (κ3) is 2.06. The summed E-state index contributed by atoms with van der Waals surface area (Å²) in [4.78, 5) is 10.8. The molecule has 80 valence electrons. The van der Waals surface area contributed by atoms with Crippen molar-refractivity contribution in [3.63, 3.8) is 0 Å². The average molecular weight is 213 g/mol. The molecule has 1 aromatic rings. The Hall–Kier alpha value is -1.65. The topological polar surface area (TPSA) is 38.3 Å². The van der Waals surface area contributed by atoms with Crippen LogP contribution in [-0.2, 0) is 4.74 Å². The maximum absolute atomic E-state index is 12.4. The number of halogens is 2. The lowest BCUT2D eigenvalue weighted by Gasteiger charge is -2.09. The first-order valence-corrected chi connectivity index (χ1v) is 4.48. The number of benzene rings is 1. The quantitative estimate of drug-likeness (QED) is 0.819. The minimum atomic E-state index is -2.50. The van der Waals surface area contributed by atoms with Crippen molar-refractivity contribution in [1.82, 2.24) is 5.32 Å². The van der Waals surface area contributed by atoms with Gasteiger partial charge in [-0.3, -0.25) is 0 Å². The van der Waals surface area contributed by atoms with Crippen LogP contribution in [0.5, 0.6) is 0 Å². The molecular formula is C10H9F2NO2. The van der Waals surface area contributed by atoms with Crippen molar-refractivity contribution in [2.24, 2.45) is 0 Å². The van der Waals surface area contributed by atoms with E-state index >= 15 is 0 Å². The van der Waals surface area contributed by atoms with Gasteiger partial charge >= 0.3 is 6.09 Å². The Kier molecular flexibility index (Phi) is 2.53. The number of hydrogen-bond donors (Lipinski definition) is 1. The van der Waals surface area contributed by atoms with Crippen LogP contribution in [0.25, 0.3) is 0 Å². The number of rotatable bonds is 2. The number of ether oxygens (including phenoxy) is 1. The normalized spacial score (nSPS) is 20.2. The van der Waals surface area contributed by atoms with E-state index in [0.717, 1.165) is 0 Å². The van der Waals surface area contributed by atoms with Gasteiger partial charge in [0.05, 0.1) is 6.04 Å². The second-order valence-corrected chi connectivity index (χ2v) is 3.27. The molecule has 3 nitrogen and oxygen atoms in total. The number of carbonyl (C=O) groups is 1. The highest BCUT2D eigenvalue weighted by atomic mass is 19.3. The Bertz CT molecular complexity index is 381. The van der Waals surface area contributed by atoms with E-state index in [4.69, 9.17) is 0 Å². The molecule has 1 aliphatic rings. The van der Waals surface area contributed by atoms with Gasteiger partial charge in [0.2, 0.25) is 0 Å². The molecule has 0 aliphatic carbocycles.